The molecule has 0 bridgehead atoms. The number of aromatic hydroxyl groups is 1. The Morgan fingerprint density at radius 1 is 1.17 bits per heavy atom. The quantitative estimate of drug-likeness (QED) is 0.641. The maximum atomic E-state index is 12.8. The van der Waals surface area contributed by atoms with Gasteiger partial charge in [-0.2, -0.15) is 13.2 Å². The fourth-order valence-corrected chi connectivity index (χ4v) is 3.69. The van der Waals surface area contributed by atoms with Crippen LogP contribution < -0.4 is 5.56 Å². The van der Waals surface area contributed by atoms with Crippen LogP contribution in [0.15, 0.2) is 47.3 Å². The molecule has 0 unspecified atom stereocenters. The molecule has 0 radical (unpaired) electrons. The summed E-state index contributed by atoms with van der Waals surface area (Å²) in [7, 11) is 0. The van der Waals surface area contributed by atoms with Gasteiger partial charge in [0.25, 0.3) is 5.56 Å². The molecule has 4 rings (SSSR count). The highest BCUT2D eigenvalue weighted by atomic mass is 35.5. The number of aromatic nitrogens is 2. The Hall–Kier alpha value is -2.84. The number of nitrogens with zero attached hydrogens (tertiary/aromatic N) is 2. The third-order valence-electron chi connectivity index (χ3n) is 5.10. The zero-order chi connectivity index (χ0) is 21.5. The van der Waals surface area contributed by atoms with Crippen LogP contribution in [0, 0.1) is 0 Å². The Kier molecular flexibility index (Phi) is 5.29. The average Bonchev–Trinajstić information content (AvgIpc) is 2.71. The molecule has 0 saturated heterocycles. The van der Waals surface area contributed by atoms with E-state index in [1.807, 2.05) is 4.90 Å². The average molecular weight is 436 g/mol. The summed E-state index contributed by atoms with van der Waals surface area (Å²) in [6.45, 7) is 1.38. The van der Waals surface area contributed by atoms with Crippen molar-refractivity contribution in [3.63, 3.8) is 0 Å². The first kappa shape index (κ1) is 20.4. The van der Waals surface area contributed by atoms with Crippen LogP contribution in [0.2, 0.25) is 5.02 Å². The van der Waals surface area contributed by atoms with Crippen LogP contribution in [-0.2, 0) is 25.7 Å². The SMILES string of the molecule is O=c1[nH]c(-c2ccc(C(F)(F)F)cc2)nc2c1CN(Cc1cccc(Cl)c1O)CC2. The van der Waals surface area contributed by atoms with E-state index in [0.717, 1.165) is 12.1 Å². The van der Waals surface area contributed by atoms with Gasteiger partial charge in [-0.1, -0.05) is 35.9 Å². The summed E-state index contributed by atoms with van der Waals surface area (Å²) in [6.07, 6.45) is -3.91. The second-order valence-electron chi connectivity index (χ2n) is 7.12. The molecule has 0 atom stereocenters. The van der Waals surface area contributed by atoms with E-state index in [2.05, 4.69) is 9.97 Å². The largest absolute Gasteiger partial charge is 0.506 e. The first-order chi connectivity index (χ1) is 14.2. The zero-order valence-corrected chi connectivity index (χ0v) is 16.4. The maximum absolute atomic E-state index is 12.8. The lowest BCUT2D eigenvalue weighted by Gasteiger charge is -2.28. The van der Waals surface area contributed by atoms with E-state index >= 15 is 0 Å². The van der Waals surface area contributed by atoms with Gasteiger partial charge in [0.2, 0.25) is 0 Å². The first-order valence-electron chi connectivity index (χ1n) is 9.21. The molecule has 156 valence electrons. The minimum Gasteiger partial charge on any atom is -0.506 e. The molecular weight excluding hydrogens is 419 g/mol. The molecule has 2 aromatic carbocycles. The van der Waals surface area contributed by atoms with Gasteiger partial charge in [0.05, 0.1) is 21.8 Å². The standard InChI is InChI=1S/C21H17ClF3N3O2/c22-16-3-1-2-13(18(16)29)10-28-9-8-17-15(11-28)20(30)27-19(26-17)12-4-6-14(7-5-12)21(23,24)25/h1-7,29H,8-11H2,(H,26,27,30). The van der Waals surface area contributed by atoms with Crippen LogP contribution in [0.1, 0.15) is 22.4 Å². The van der Waals surface area contributed by atoms with Crippen LogP contribution in [0.25, 0.3) is 11.4 Å². The minimum absolute atomic E-state index is 0.0228. The van der Waals surface area contributed by atoms with Crippen LogP contribution in [0.4, 0.5) is 13.2 Å². The van der Waals surface area contributed by atoms with Crippen LogP contribution >= 0.6 is 11.6 Å². The Morgan fingerprint density at radius 3 is 2.60 bits per heavy atom. The number of para-hydroxylation sites is 1. The van der Waals surface area contributed by atoms with Crippen molar-refractivity contribution in [2.45, 2.75) is 25.7 Å². The molecule has 1 aliphatic rings. The number of H-pyrrole nitrogens is 1. The van der Waals surface area contributed by atoms with Crippen molar-refractivity contribution in [3.05, 3.63) is 80.2 Å². The number of fused-ring (bicyclic) bond motifs is 1. The van der Waals surface area contributed by atoms with Crippen molar-refractivity contribution < 1.29 is 18.3 Å². The molecule has 0 spiro atoms. The Morgan fingerprint density at radius 2 is 1.90 bits per heavy atom. The van der Waals surface area contributed by atoms with Gasteiger partial charge in [-0.3, -0.25) is 9.69 Å². The number of halogens is 4. The number of phenolic OH excluding ortho intramolecular Hbond substituents is 1. The van der Waals surface area contributed by atoms with E-state index in [0.29, 0.717) is 48.4 Å². The van der Waals surface area contributed by atoms with E-state index in [1.54, 1.807) is 18.2 Å². The molecule has 9 heteroatoms. The smallest absolute Gasteiger partial charge is 0.416 e. The van der Waals surface area contributed by atoms with Crippen molar-refractivity contribution >= 4 is 11.6 Å². The molecule has 0 aliphatic carbocycles. The lowest BCUT2D eigenvalue weighted by atomic mass is 10.0. The zero-order valence-electron chi connectivity index (χ0n) is 15.6. The lowest BCUT2D eigenvalue weighted by molar-refractivity contribution is -0.137. The predicted molar refractivity (Wildman–Crippen MR) is 106 cm³/mol. The molecule has 1 aliphatic heterocycles. The van der Waals surface area contributed by atoms with E-state index in [9.17, 15) is 23.1 Å². The molecule has 0 fully saturated rings. The first-order valence-corrected chi connectivity index (χ1v) is 9.58. The van der Waals surface area contributed by atoms with Crippen LogP contribution in [0.3, 0.4) is 0 Å². The second kappa shape index (κ2) is 7.77. The monoisotopic (exact) mass is 435 g/mol. The summed E-state index contributed by atoms with van der Waals surface area (Å²) < 4.78 is 38.3. The topological polar surface area (TPSA) is 69.2 Å². The van der Waals surface area contributed by atoms with Gasteiger partial charge in [-0.25, -0.2) is 4.98 Å². The highest BCUT2D eigenvalue weighted by molar-refractivity contribution is 6.32. The van der Waals surface area contributed by atoms with Crippen molar-refractivity contribution in [1.29, 1.82) is 0 Å². The Balaban J connectivity index is 1.57. The molecule has 2 heterocycles. The summed E-state index contributed by atoms with van der Waals surface area (Å²) in [5.41, 5.74) is 1.13. The minimum atomic E-state index is -4.42. The summed E-state index contributed by atoms with van der Waals surface area (Å²) in [6, 6.07) is 9.65. The van der Waals surface area contributed by atoms with E-state index in [4.69, 9.17) is 11.6 Å². The number of nitrogens with one attached hydrogen (secondary N) is 1. The molecule has 1 aromatic heterocycles. The van der Waals surface area contributed by atoms with Crippen molar-refractivity contribution in [2.24, 2.45) is 0 Å². The van der Waals surface area contributed by atoms with Crippen molar-refractivity contribution in [3.8, 4) is 17.1 Å². The van der Waals surface area contributed by atoms with Gasteiger partial charge >= 0.3 is 6.18 Å². The number of rotatable bonds is 3. The number of hydrogen-bond donors (Lipinski definition) is 2. The third-order valence-corrected chi connectivity index (χ3v) is 5.40. The molecule has 0 amide bonds. The van der Waals surface area contributed by atoms with E-state index in [-0.39, 0.29) is 22.2 Å². The van der Waals surface area contributed by atoms with Gasteiger partial charge in [0.1, 0.15) is 11.6 Å². The van der Waals surface area contributed by atoms with Crippen molar-refractivity contribution in [1.82, 2.24) is 14.9 Å². The molecule has 30 heavy (non-hydrogen) atoms. The van der Waals surface area contributed by atoms with Crippen LogP contribution in [0.5, 0.6) is 5.75 Å². The summed E-state index contributed by atoms with van der Waals surface area (Å²) >= 11 is 5.95. The highest BCUT2D eigenvalue weighted by Gasteiger charge is 2.30. The molecule has 0 saturated carbocycles. The van der Waals surface area contributed by atoms with E-state index in [1.165, 1.54) is 12.1 Å². The van der Waals surface area contributed by atoms with Gasteiger partial charge in [-0.15, -0.1) is 0 Å². The van der Waals surface area contributed by atoms with Gasteiger partial charge < -0.3 is 10.1 Å². The number of hydrogen-bond acceptors (Lipinski definition) is 4. The molecule has 3 aromatic rings. The fraction of sp³-hybridized carbons (Fsp3) is 0.238. The third kappa shape index (κ3) is 4.06. The molecular formula is C21H17ClF3N3O2. The van der Waals surface area contributed by atoms with Gasteiger partial charge in [0, 0.05) is 37.2 Å². The number of alkyl halides is 3. The second-order valence-corrected chi connectivity index (χ2v) is 7.53. The Bertz CT molecular complexity index is 1140. The fourth-order valence-electron chi connectivity index (χ4n) is 3.50. The maximum Gasteiger partial charge on any atom is 0.416 e. The number of aromatic amines is 1. The van der Waals surface area contributed by atoms with Gasteiger partial charge in [-0.05, 0) is 18.2 Å². The summed E-state index contributed by atoms with van der Waals surface area (Å²) in [5, 5.41) is 10.4. The lowest BCUT2D eigenvalue weighted by Crippen LogP contribution is -2.35. The van der Waals surface area contributed by atoms with Crippen molar-refractivity contribution in [2.75, 3.05) is 6.54 Å². The highest BCUT2D eigenvalue weighted by Crippen LogP contribution is 2.31. The Labute approximate surface area is 174 Å². The normalized spacial score (nSPS) is 14.5. The predicted octanol–water partition coefficient (Wildman–Crippen LogP) is 4.37. The van der Waals surface area contributed by atoms with Gasteiger partial charge in [0.15, 0.2) is 0 Å². The molecule has 5 nitrogen and oxygen atoms in total. The van der Waals surface area contributed by atoms with E-state index < -0.39 is 11.7 Å². The van der Waals surface area contributed by atoms with Crippen LogP contribution in [-0.4, -0.2) is 26.5 Å². The number of phenols is 1. The molecule has 2 N–H and O–H groups in total. The summed E-state index contributed by atoms with van der Waals surface area (Å²) in [4.78, 5) is 21.8. The summed E-state index contributed by atoms with van der Waals surface area (Å²) in [5.74, 6) is 0.267. The number of benzene rings is 2.